The van der Waals surface area contributed by atoms with Gasteiger partial charge >= 0.3 is 5.97 Å². The fourth-order valence-corrected chi connectivity index (χ4v) is 2.20. The molecule has 0 saturated heterocycles. The number of carboxylic acid groups (broad SMARTS) is 1. The van der Waals surface area contributed by atoms with Crippen LogP contribution in [0.1, 0.15) is 32.1 Å². The van der Waals surface area contributed by atoms with Gasteiger partial charge in [0.2, 0.25) is 5.91 Å². The van der Waals surface area contributed by atoms with E-state index in [1.165, 1.54) is 0 Å². The number of carboxylic acids is 1. The number of hydrogen-bond acceptors (Lipinski definition) is 4. The van der Waals surface area contributed by atoms with Crippen molar-refractivity contribution in [2.45, 2.75) is 44.2 Å². The first-order valence-corrected chi connectivity index (χ1v) is 5.40. The Bertz CT molecular complexity index is 353. The second-order valence-corrected chi connectivity index (χ2v) is 4.19. The molecule has 1 aliphatic heterocycles. The molecule has 0 bridgehead atoms. The van der Waals surface area contributed by atoms with Crippen LogP contribution in [0.3, 0.4) is 0 Å². The van der Waals surface area contributed by atoms with Crippen molar-refractivity contribution < 1.29 is 19.8 Å². The van der Waals surface area contributed by atoms with E-state index in [2.05, 4.69) is 5.10 Å². The molecule has 16 heavy (non-hydrogen) atoms. The van der Waals surface area contributed by atoms with Crippen LogP contribution < -0.4 is 0 Å². The van der Waals surface area contributed by atoms with Crippen LogP contribution >= 0.6 is 0 Å². The summed E-state index contributed by atoms with van der Waals surface area (Å²) < 4.78 is 0. The van der Waals surface area contributed by atoms with Crippen LogP contribution in [0.5, 0.6) is 0 Å². The topological polar surface area (TPSA) is 90.2 Å². The molecule has 0 aromatic carbocycles. The van der Waals surface area contributed by atoms with Gasteiger partial charge in [0, 0.05) is 0 Å². The Morgan fingerprint density at radius 1 is 1.38 bits per heavy atom. The number of nitrogens with zero attached hydrogens (tertiary/aromatic N) is 2. The third-order valence-corrected chi connectivity index (χ3v) is 3.06. The highest BCUT2D eigenvalue weighted by Gasteiger charge is 2.37. The molecule has 0 aromatic rings. The third-order valence-electron chi connectivity index (χ3n) is 3.06. The summed E-state index contributed by atoms with van der Waals surface area (Å²) in [6, 6.07) is -0.349. The summed E-state index contributed by atoms with van der Waals surface area (Å²) in [6.07, 6.45) is 2.45. The second kappa shape index (κ2) is 4.21. The Kier molecular flexibility index (Phi) is 2.91. The first-order valence-electron chi connectivity index (χ1n) is 5.40. The number of rotatable bonds is 2. The first-order chi connectivity index (χ1) is 7.59. The van der Waals surface area contributed by atoms with E-state index in [0.29, 0.717) is 12.8 Å². The molecule has 1 saturated carbocycles. The molecule has 2 N–H and O–H groups in total. The standard InChI is InChI=1S/C10H14N2O4/c13-8-4-2-1-3-7(8)12-9(14)5-6(11-12)10(15)16/h7-8,13H,1-5H2,(H,15,16). The van der Waals surface area contributed by atoms with Gasteiger partial charge < -0.3 is 10.2 Å². The van der Waals surface area contributed by atoms with E-state index < -0.39 is 12.1 Å². The molecule has 1 aliphatic carbocycles. The molecule has 1 amide bonds. The van der Waals surface area contributed by atoms with Gasteiger partial charge in [0.05, 0.1) is 18.6 Å². The van der Waals surface area contributed by atoms with Gasteiger partial charge in [0.25, 0.3) is 0 Å². The summed E-state index contributed by atoms with van der Waals surface area (Å²) in [5.41, 5.74) is -0.136. The fourth-order valence-electron chi connectivity index (χ4n) is 2.20. The predicted molar refractivity (Wildman–Crippen MR) is 54.8 cm³/mol. The molecule has 6 nitrogen and oxygen atoms in total. The summed E-state index contributed by atoms with van der Waals surface area (Å²) in [4.78, 5) is 22.3. The molecular weight excluding hydrogens is 212 g/mol. The highest BCUT2D eigenvalue weighted by Crippen LogP contribution is 2.26. The molecule has 1 fully saturated rings. The number of aliphatic carboxylic acids is 1. The van der Waals surface area contributed by atoms with Crippen molar-refractivity contribution in [2.24, 2.45) is 5.10 Å². The minimum Gasteiger partial charge on any atom is -0.477 e. The van der Waals surface area contributed by atoms with Crippen molar-refractivity contribution in [3.05, 3.63) is 0 Å². The maximum Gasteiger partial charge on any atom is 0.352 e. The highest BCUT2D eigenvalue weighted by molar-refractivity contribution is 6.40. The second-order valence-electron chi connectivity index (χ2n) is 4.19. The molecule has 2 rings (SSSR count). The number of carbonyl (C=O) groups excluding carboxylic acids is 1. The number of amides is 1. The van der Waals surface area contributed by atoms with Gasteiger partial charge in [-0.05, 0) is 12.8 Å². The SMILES string of the molecule is O=C(O)C1=NN(C2CCCCC2O)C(=O)C1. The van der Waals surface area contributed by atoms with Crippen LogP contribution in [0.15, 0.2) is 5.10 Å². The van der Waals surface area contributed by atoms with Gasteiger partial charge in [0.15, 0.2) is 5.71 Å². The number of hydrogen-bond donors (Lipinski definition) is 2. The summed E-state index contributed by atoms with van der Waals surface area (Å²) in [5, 5.41) is 23.4. The highest BCUT2D eigenvalue weighted by atomic mass is 16.4. The minimum absolute atomic E-state index is 0.136. The quantitative estimate of drug-likeness (QED) is 0.691. The van der Waals surface area contributed by atoms with Crippen LogP contribution in [0.4, 0.5) is 0 Å². The van der Waals surface area contributed by atoms with E-state index in [-0.39, 0.29) is 24.1 Å². The van der Waals surface area contributed by atoms with Crippen molar-refractivity contribution in [1.82, 2.24) is 5.01 Å². The lowest BCUT2D eigenvalue weighted by Crippen LogP contribution is -2.43. The molecule has 6 heteroatoms. The zero-order valence-corrected chi connectivity index (χ0v) is 8.80. The Morgan fingerprint density at radius 3 is 2.62 bits per heavy atom. The van der Waals surface area contributed by atoms with E-state index in [1.54, 1.807) is 0 Å². The average molecular weight is 226 g/mol. The van der Waals surface area contributed by atoms with Crippen molar-refractivity contribution in [1.29, 1.82) is 0 Å². The Balaban J connectivity index is 2.14. The maximum absolute atomic E-state index is 11.6. The minimum atomic E-state index is -1.17. The van der Waals surface area contributed by atoms with E-state index in [1.807, 2.05) is 0 Å². The van der Waals surface area contributed by atoms with Crippen LogP contribution in [0, 0.1) is 0 Å². The molecule has 0 radical (unpaired) electrons. The molecule has 1 heterocycles. The number of aliphatic hydroxyl groups excluding tert-OH is 1. The smallest absolute Gasteiger partial charge is 0.352 e. The number of carbonyl (C=O) groups is 2. The fraction of sp³-hybridized carbons (Fsp3) is 0.700. The van der Waals surface area contributed by atoms with Gasteiger partial charge in [-0.25, -0.2) is 9.80 Å². The summed E-state index contributed by atoms with van der Waals surface area (Å²) in [6.45, 7) is 0. The molecule has 0 aromatic heterocycles. The number of aliphatic hydroxyl groups is 1. The first kappa shape index (κ1) is 11.1. The van der Waals surface area contributed by atoms with Gasteiger partial charge in [-0.15, -0.1) is 0 Å². The molecule has 0 spiro atoms. The van der Waals surface area contributed by atoms with Crippen molar-refractivity contribution in [2.75, 3.05) is 0 Å². The summed E-state index contributed by atoms with van der Waals surface area (Å²) in [5.74, 6) is -1.50. The van der Waals surface area contributed by atoms with Gasteiger partial charge in [0.1, 0.15) is 0 Å². The molecule has 88 valence electrons. The molecule has 2 atom stereocenters. The van der Waals surface area contributed by atoms with E-state index in [4.69, 9.17) is 5.11 Å². The van der Waals surface area contributed by atoms with E-state index >= 15 is 0 Å². The summed E-state index contributed by atoms with van der Waals surface area (Å²) in [7, 11) is 0. The lowest BCUT2D eigenvalue weighted by Gasteiger charge is -2.32. The molecule has 2 unspecified atom stereocenters. The molecule has 2 aliphatic rings. The normalized spacial score (nSPS) is 30.4. The van der Waals surface area contributed by atoms with Gasteiger partial charge in [-0.3, -0.25) is 4.79 Å². The Morgan fingerprint density at radius 2 is 2.06 bits per heavy atom. The Labute approximate surface area is 92.5 Å². The summed E-state index contributed by atoms with van der Waals surface area (Å²) >= 11 is 0. The number of hydrazone groups is 1. The zero-order valence-electron chi connectivity index (χ0n) is 8.80. The Hall–Kier alpha value is -1.43. The largest absolute Gasteiger partial charge is 0.477 e. The lowest BCUT2D eigenvalue weighted by atomic mass is 9.92. The molecular formula is C10H14N2O4. The van der Waals surface area contributed by atoms with Gasteiger partial charge in [-0.2, -0.15) is 5.10 Å². The van der Waals surface area contributed by atoms with Crippen LogP contribution in [0.25, 0.3) is 0 Å². The van der Waals surface area contributed by atoms with Gasteiger partial charge in [-0.1, -0.05) is 12.8 Å². The van der Waals surface area contributed by atoms with Crippen LogP contribution in [0.2, 0.25) is 0 Å². The maximum atomic E-state index is 11.6. The van der Waals surface area contributed by atoms with Crippen molar-refractivity contribution >= 4 is 17.6 Å². The van der Waals surface area contributed by atoms with E-state index in [9.17, 15) is 14.7 Å². The average Bonchev–Trinajstić information content (AvgIpc) is 2.61. The van der Waals surface area contributed by atoms with Crippen LogP contribution in [-0.4, -0.2) is 45.0 Å². The zero-order chi connectivity index (χ0) is 11.7. The monoisotopic (exact) mass is 226 g/mol. The van der Waals surface area contributed by atoms with Crippen LogP contribution in [-0.2, 0) is 9.59 Å². The lowest BCUT2D eigenvalue weighted by molar-refractivity contribution is -0.134. The van der Waals surface area contributed by atoms with E-state index in [0.717, 1.165) is 17.9 Å². The van der Waals surface area contributed by atoms with Crippen molar-refractivity contribution in [3.63, 3.8) is 0 Å². The predicted octanol–water partition coefficient (Wildman–Crippen LogP) is -0.0372. The van der Waals surface area contributed by atoms with Crippen molar-refractivity contribution in [3.8, 4) is 0 Å². The third kappa shape index (κ3) is 1.92.